The number of aromatic carboxylic acids is 1. The highest BCUT2D eigenvalue weighted by Gasteiger charge is 2.17. The molecule has 0 radical (unpaired) electrons. The Hall–Kier alpha value is -2.70. The van der Waals surface area contributed by atoms with Gasteiger partial charge in [0, 0.05) is 18.5 Å². The number of nitro benzene ring substituents is 1. The molecule has 86 valence electrons. The third-order valence-corrected chi connectivity index (χ3v) is 2.20. The zero-order valence-corrected chi connectivity index (χ0v) is 8.48. The van der Waals surface area contributed by atoms with Gasteiger partial charge < -0.3 is 9.67 Å². The molecule has 1 N–H and O–H groups in total. The van der Waals surface area contributed by atoms with Crippen molar-refractivity contribution in [3.63, 3.8) is 0 Å². The molecule has 0 amide bonds. The van der Waals surface area contributed by atoms with Crippen molar-refractivity contribution < 1.29 is 14.8 Å². The van der Waals surface area contributed by atoms with Gasteiger partial charge in [-0.3, -0.25) is 10.1 Å². The van der Waals surface area contributed by atoms with E-state index in [1.807, 2.05) is 0 Å². The van der Waals surface area contributed by atoms with Crippen molar-refractivity contribution in [2.24, 2.45) is 0 Å². The summed E-state index contributed by atoms with van der Waals surface area (Å²) in [6, 6.07) is 3.60. The SMILES string of the molecule is O=C(O)c1ccc([N+](=O)[O-])c(-n2ccnc2)c1. The van der Waals surface area contributed by atoms with E-state index in [-0.39, 0.29) is 16.9 Å². The summed E-state index contributed by atoms with van der Waals surface area (Å²) >= 11 is 0. The van der Waals surface area contributed by atoms with Crippen molar-refractivity contribution in [2.45, 2.75) is 0 Å². The minimum absolute atomic E-state index is 0.0145. The van der Waals surface area contributed by atoms with E-state index in [4.69, 9.17) is 5.11 Å². The summed E-state index contributed by atoms with van der Waals surface area (Å²) in [6.45, 7) is 0. The van der Waals surface area contributed by atoms with E-state index in [1.165, 1.54) is 41.5 Å². The van der Waals surface area contributed by atoms with Crippen LogP contribution in [-0.4, -0.2) is 25.6 Å². The smallest absolute Gasteiger partial charge is 0.335 e. The average molecular weight is 233 g/mol. The van der Waals surface area contributed by atoms with E-state index < -0.39 is 10.9 Å². The minimum atomic E-state index is -1.14. The quantitative estimate of drug-likeness (QED) is 0.639. The number of nitrogens with zero attached hydrogens (tertiary/aromatic N) is 3. The number of rotatable bonds is 3. The van der Waals surface area contributed by atoms with Gasteiger partial charge in [0.2, 0.25) is 0 Å². The number of carboxylic acid groups (broad SMARTS) is 1. The Morgan fingerprint density at radius 2 is 2.24 bits per heavy atom. The van der Waals surface area contributed by atoms with Gasteiger partial charge in [-0.25, -0.2) is 9.78 Å². The molecule has 2 rings (SSSR count). The molecule has 7 heteroatoms. The molecule has 0 bridgehead atoms. The van der Waals surface area contributed by atoms with Gasteiger partial charge in [0.1, 0.15) is 5.69 Å². The maximum absolute atomic E-state index is 10.8. The number of carbonyl (C=O) groups is 1. The van der Waals surface area contributed by atoms with Gasteiger partial charge in [-0.1, -0.05) is 0 Å². The van der Waals surface area contributed by atoms with Crippen molar-refractivity contribution in [3.05, 3.63) is 52.6 Å². The number of aromatic nitrogens is 2. The molecule has 0 aliphatic carbocycles. The number of imidazole rings is 1. The van der Waals surface area contributed by atoms with Crippen LogP contribution in [0.3, 0.4) is 0 Å². The van der Waals surface area contributed by atoms with Gasteiger partial charge >= 0.3 is 5.97 Å². The molecule has 1 aromatic heterocycles. The van der Waals surface area contributed by atoms with E-state index >= 15 is 0 Å². The normalized spacial score (nSPS) is 10.1. The van der Waals surface area contributed by atoms with E-state index in [9.17, 15) is 14.9 Å². The van der Waals surface area contributed by atoms with Gasteiger partial charge in [0.15, 0.2) is 0 Å². The second-order valence-corrected chi connectivity index (χ2v) is 3.24. The molecule has 17 heavy (non-hydrogen) atoms. The summed E-state index contributed by atoms with van der Waals surface area (Å²) in [7, 11) is 0. The predicted octanol–water partition coefficient (Wildman–Crippen LogP) is 1.48. The molecule has 0 atom stereocenters. The lowest BCUT2D eigenvalue weighted by Crippen LogP contribution is -2.02. The van der Waals surface area contributed by atoms with Crippen molar-refractivity contribution in [1.82, 2.24) is 9.55 Å². The van der Waals surface area contributed by atoms with Crippen LogP contribution in [-0.2, 0) is 0 Å². The Morgan fingerprint density at radius 1 is 1.47 bits per heavy atom. The third-order valence-electron chi connectivity index (χ3n) is 2.20. The van der Waals surface area contributed by atoms with Crippen LogP contribution in [0.25, 0.3) is 5.69 Å². The van der Waals surface area contributed by atoms with E-state index in [0.717, 1.165) is 0 Å². The average Bonchev–Trinajstić information content (AvgIpc) is 2.81. The fourth-order valence-corrected chi connectivity index (χ4v) is 1.42. The van der Waals surface area contributed by atoms with Crippen LogP contribution in [0, 0.1) is 10.1 Å². The maximum Gasteiger partial charge on any atom is 0.335 e. The van der Waals surface area contributed by atoms with Crippen LogP contribution in [0.2, 0.25) is 0 Å². The first-order chi connectivity index (χ1) is 8.09. The van der Waals surface area contributed by atoms with E-state index in [2.05, 4.69) is 4.98 Å². The minimum Gasteiger partial charge on any atom is -0.478 e. The van der Waals surface area contributed by atoms with E-state index in [1.54, 1.807) is 0 Å². The Morgan fingerprint density at radius 3 is 2.76 bits per heavy atom. The number of carboxylic acids is 1. The van der Waals surface area contributed by atoms with E-state index in [0.29, 0.717) is 0 Å². The molecule has 0 spiro atoms. The Kier molecular flexibility index (Phi) is 2.57. The second kappa shape index (κ2) is 4.05. The van der Waals surface area contributed by atoms with Crippen molar-refractivity contribution >= 4 is 11.7 Å². The summed E-state index contributed by atoms with van der Waals surface area (Å²) in [4.78, 5) is 24.8. The lowest BCUT2D eigenvalue weighted by atomic mass is 10.1. The van der Waals surface area contributed by atoms with Gasteiger partial charge in [-0.15, -0.1) is 0 Å². The number of hydrogen-bond acceptors (Lipinski definition) is 4. The molecular formula is C10H7N3O4. The summed E-state index contributed by atoms with van der Waals surface area (Å²) in [5, 5.41) is 19.7. The Bertz CT molecular complexity index is 577. The van der Waals surface area contributed by atoms with Crippen molar-refractivity contribution in [3.8, 4) is 5.69 Å². The number of benzene rings is 1. The van der Waals surface area contributed by atoms with Crippen LogP contribution in [0.1, 0.15) is 10.4 Å². The lowest BCUT2D eigenvalue weighted by Gasteiger charge is -2.04. The van der Waals surface area contributed by atoms with Crippen LogP contribution < -0.4 is 0 Å². The highest BCUT2D eigenvalue weighted by Crippen LogP contribution is 2.23. The van der Waals surface area contributed by atoms with Gasteiger partial charge in [0.05, 0.1) is 16.8 Å². The number of nitro groups is 1. The molecule has 0 fully saturated rings. The summed E-state index contributed by atoms with van der Waals surface area (Å²) in [6.07, 6.45) is 4.33. The van der Waals surface area contributed by atoms with Crippen LogP contribution in [0.5, 0.6) is 0 Å². The molecule has 1 aromatic carbocycles. The predicted molar refractivity (Wildman–Crippen MR) is 57.2 cm³/mol. The molecule has 2 aromatic rings. The third kappa shape index (κ3) is 1.98. The topological polar surface area (TPSA) is 98.3 Å². The highest BCUT2D eigenvalue weighted by molar-refractivity contribution is 5.89. The van der Waals surface area contributed by atoms with Crippen molar-refractivity contribution in [2.75, 3.05) is 0 Å². The second-order valence-electron chi connectivity index (χ2n) is 3.24. The largest absolute Gasteiger partial charge is 0.478 e. The maximum atomic E-state index is 10.8. The zero-order valence-electron chi connectivity index (χ0n) is 8.48. The van der Waals surface area contributed by atoms with Crippen LogP contribution in [0.4, 0.5) is 5.69 Å². The monoisotopic (exact) mass is 233 g/mol. The fourth-order valence-electron chi connectivity index (χ4n) is 1.42. The molecule has 0 saturated heterocycles. The fraction of sp³-hybridized carbons (Fsp3) is 0. The van der Waals surface area contributed by atoms with Gasteiger partial charge in [-0.05, 0) is 12.1 Å². The first-order valence-electron chi connectivity index (χ1n) is 4.59. The number of hydrogen-bond donors (Lipinski definition) is 1. The van der Waals surface area contributed by atoms with Crippen molar-refractivity contribution in [1.29, 1.82) is 0 Å². The van der Waals surface area contributed by atoms with Gasteiger partial charge in [0.25, 0.3) is 5.69 Å². The summed E-state index contributed by atoms with van der Waals surface area (Å²) < 4.78 is 1.39. The van der Waals surface area contributed by atoms with Crippen LogP contribution in [0.15, 0.2) is 36.9 Å². The summed E-state index contributed by atoms with van der Waals surface area (Å²) in [5.74, 6) is -1.14. The standard InChI is InChI=1S/C10H7N3O4/c14-10(15)7-1-2-8(13(16)17)9(5-7)12-4-3-11-6-12/h1-6H,(H,14,15). The summed E-state index contributed by atoms with van der Waals surface area (Å²) in [5.41, 5.74) is -0.0142. The van der Waals surface area contributed by atoms with Gasteiger partial charge in [-0.2, -0.15) is 0 Å². The first kappa shape index (κ1) is 10.8. The molecule has 7 nitrogen and oxygen atoms in total. The molecular weight excluding hydrogens is 226 g/mol. The molecule has 0 unspecified atom stereocenters. The lowest BCUT2D eigenvalue weighted by molar-refractivity contribution is -0.384. The molecule has 0 aliphatic heterocycles. The molecule has 0 saturated carbocycles. The molecule has 1 heterocycles. The highest BCUT2D eigenvalue weighted by atomic mass is 16.6. The zero-order chi connectivity index (χ0) is 12.4. The van der Waals surface area contributed by atoms with Crippen LogP contribution >= 0.6 is 0 Å². The Balaban J connectivity index is 2.64. The molecule has 0 aliphatic rings. The Labute approximate surface area is 95.1 Å². The first-order valence-corrected chi connectivity index (χ1v) is 4.59.